The van der Waals surface area contributed by atoms with Crippen LogP contribution in [0, 0.1) is 23.7 Å². The molecule has 0 aliphatic rings. The monoisotopic (exact) mass is 1350 g/mol. The molecule has 0 amide bonds. The van der Waals surface area contributed by atoms with Crippen molar-refractivity contribution in [3.63, 3.8) is 0 Å². The van der Waals surface area contributed by atoms with Gasteiger partial charge in [0.25, 0.3) is 0 Å². The molecule has 0 bridgehead atoms. The van der Waals surface area contributed by atoms with Crippen LogP contribution in [-0.2, 0) is 65.4 Å². The highest BCUT2D eigenvalue weighted by molar-refractivity contribution is 7.47. The number of rotatable bonds is 70. The first-order valence-electron chi connectivity index (χ1n) is 37.8. The van der Waals surface area contributed by atoms with Crippen LogP contribution in [0.15, 0.2) is 0 Å². The van der Waals surface area contributed by atoms with E-state index in [0.29, 0.717) is 31.6 Å². The van der Waals surface area contributed by atoms with Gasteiger partial charge in [0.05, 0.1) is 26.4 Å². The summed E-state index contributed by atoms with van der Waals surface area (Å²) >= 11 is 0. The van der Waals surface area contributed by atoms with Crippen molar-refractivity contribution >= 4 is 39.5 Å². The van der Waals surface area contributed by atoms with E-state index in [4.69, 9.17) is 37.0 Å². The Kier molecular flexibility index (Phi) is 61.3. The Morgan fingerprint density at radius 2 is 0.522 bits per heavy atom. The van der Waals surface area contributed by atoms with E-state index < -0.39 is 97.5 Å². The van der Waals surface area contributed by atoms with Crippen molar-refractivity contribution in [1.29, 1.82) is 0 Å². The van der Waals surface area contributed by atoms with Gasteiger partial charge in [-0.3, -0.25) is 37.3 Å². The molecule has 0 saturated carbocycles. The highest BCUT2D eigenvalue weighted by atomic mass is 31.2. The van der Waals surface area contributed by atoms with Gasteiger partial charge in [-0.2, -0.15) is 0 Å². The van der Waals surface area contributed by atoms with Gasteiger partial charge in [-0.25, -0.2) is 9.13 Å². The molecule has 7 atom stereocenters. The average Bonchev–Trinajstić information content (AvgIpc) is 2.54. The number of carbonyl (C=O) groups excluding carboxylic acids is 4. The number of unbranched alkanes of at least 4 members (excludes halogenated alkanes) is 34. The topological polar surface area (TPSA) is 237 Å². The van der Waals surface area contributed by atoms with Crippen molar-refractivity contribution in [1.82, 2.24) is 0 Å². The average molecular weight is 1350 g/mol. The maximum atomic E-state index is 13.1. The first-order valence-corrected chi connectivity index (χ1v) is 40.8. The van der Waals surface area contributed by atoms with Gasteiger partial charge in [0, 0.05) is 25.7 Å². The van der Waals surface area contributed by atoms with Crippen molar-refractivity contribution in [2.24, 2.45) is 23.7 Å². The number of phosphoric ester groups is 2. The molecule has 92 heavy (non-hydrogen) atoms. The Morgan fingerprint density at radius 3 is 0.772 bits per heavy atom. The number of hydrogen-bond acceptors (Lipinski definition) is 15. The van der Waals surface area contributed by atoms with E-state index in [9.17, 15) is 43.2 Å². The number of esters is 4. The van der Waals surface area contributed by atoms with Crippen LogP contribution in [0.3, 0.4) is 0 Å². The summed E-state index contributed by atoms with van der Waals surface area (Å²) in [7, 11) is -9.91. The third-order valence-electron chi connectivity index (χ3n) is 17.5. The van der Waals surface area contributed by atoms with Gasteiger partial charge in [-0.1, -0.05) is 312 Å². The van der Waals surface area contributed by atoms with Crippen LogP contribution in [0.2, 0.25) is 0 Å². The van der Waals surface area contributed by atoms with E-state index in [1.54, 1.807) is 0 Å². The van der Waals surface area contributed by atoms with Crippen molar-refractivity contribution in [2.45, 2.75) is 382 Å². The van der Waals surface area contributed by atoms with Crippen LogP contribution in [0.25, 0.3) is 0 Å². The molecule has 0 spiro atoms. The largest absolute Gasteiger partial charge is 0.472 e. The standard InChI is InChI=1S/C73H142O17P2/c1-9-65(7)51-43-35-27-21-18-19-23-29-39-47-55-72(77)89-68(59-83-70(75)53-45-37-28-22-17-15-13-11-12-14-16-20-25-33-41-49-63(3)4)61-87-91(79,80)85-57-67(74)58-86-92(81,82)88-62-69(90-73(78)56-48-40-32-31-36-44-52-66(8)10-2)60-84-71(76)54-46-38-30-24-26-34-42-50-64(5)6/h63-69,74H,9-62H2,1-8H3,(H,79,80)(H,81,82)/t65?,66?,67?,68-,69-/m1/s1. The van der Waals surface area contributed by atoms with Gasteiger partial charge in [-0.05, 0) is 49.4 Å². The summed E-state index contributed by atoms with van der Waals surface area (Å²) in [5.74, 6) is 0.906. The van der Waals surface area contributed by atoms with E-state index in [1.165, 1.54) is 161 Å². The molecule has 0 rings (SSSR count). The Bertz CT molecular complexity index is 1820. The lowest BCUT2D eigenvalue weighted by Crippen LogP contribution is -2.30. The summed E-state index contributed by atoms with van der Waals surface area (Å²) in [6.45, 7) is 14.1. The minimum atomic E-state index is -4.96. The first-order chi connectivity index (χ1) is 44.2. The van der Waals surface area contributed by atoms with Crippen LogP contribution >= 0.6 is 15.6 Å². The quantitative estimate of drug-likeness (QED) is 0.0222. The summed E-state index contributed by atoms with van der Waals surface area (Å²) in [5, 5.41) is 10.6. The Morgan fingerprint density at radius 1 is 0.304 bits per heavy atom. The maximum absolute atomic E-state index is 13.1. The second-order valence-corrected chi connectivity index (χ2v) is 30.7. The molecular formula is C73H142O17P2. The molecule has 0 aliphatic carbocycles. The number of ether oxygens (including phenoxy) is 4. The third-order valence-corrected chi connectivity index (χ3v) is 19.4. The molecule has 0 heterocycles. The second-order valence-electron chi connectivity index (χ2n) is 27.8. The molecule has 0 fully saturated rings. The van der Waals surface area contributed by atoms with Crippen LogP contribution in [0.5, 0.6) is 0 Å². The molecule has 0 radical (unpaired) electrons. The molecule has 0 aromatic heterocycles. The first kappa shape index (κ1) is 90.1. The Hall–Kier alpha value is -1.94. The second kappa shape index (κ2) is 62.6. The van der Waals surface area contributed by atoms with Crippen molar-refractivity contribution in [3.05, 3.63) is 0 Å². The smallest absolute Gasteiger partial charge is 0.462 e. The molecule has 3 N–H and O–H groups in total. The molecule has 5 unspecified atom stereocenters. The number of carbonyl (C=O) groups is 4. The number of aliphatic hydroxyl groups excluding tert-OH is 1. The van der Waals surface area contributed by atoms with Gasteiger partial charge in [0.1, 0.15) is 19.3 Å². The van der Waals surface area contributed by atoms with E-state index >= 15 is 0 Å². The van der Waals surface area contributed by atoms with Crippen molar-refractivity contribution in [3.8, 4) is 0 Å². The van der Waals surface area contributed by atoms with E-state index in [-0.39, 0.29) is 25.7 Å². The lowest BCUT2D eigenvalue weighted by atomic mass is 9.99. The Labute approximate surface area is 562 Å². The number of aliphatic hydroxyl groups is 1. The normalized spacial score (nSPS) is 14.8. The van der Waals surface area contributed by atoms with Gasteiger partial charge in [0.15, 0.2) is 12.2 Å². The fourth-order valence-electron chi connectivity index (χ4n) is 11.0. The zero-order valence-electron chi connectivity index (χ0n) is 60.2. The van der Waals surface area contributed by atoms with Crippen molar-refractivity contribution < 1.29 is 80.2 Å². The Balaban J connectivity index is 5.23. The molecule has 0 aromatic carbocycles. The maximum Gasteiger partial charge on any atom is 0.472 e. The predicted octanol–water partition coefficient (Wildman–Crippen LogP) is 20.9. The van der Waals surface area contributed by atoms with Crippen LogP contribution in [0.4, 0.5) is 0 Å². The van der Waals surface area contributed by atoms with Crippen LogP contribution in [0.1, 0.15) is 364 Å². The summed E-state index contributed by atoms with van der Waals surface area (Å²) in [4.78, 5) is 72.6. The molecule has 0 aromatic rings. The summed E-state index contributed by atoms with van der Waals surface area (Å²) in [5.41, 5.74) is 0. The van der Waals surface area contributed by atoms with Crippen molar-refractivity contribution in [2.75, 3.05) is 39.6 Å². The predicted molar refractivity (Wildman–Crippen MR) is 372 cm³/mol. The molecule has 19 heteroatoms. The zero-order valence-corrected chi connectivity index (χ0v) is 62.0. The highest BCUT2D eigenvalue weighted by Gasteiger charge is 2.30. The lowest BCUT2D eigenvalue weighted by Gasteiger charge is -2.21. The van der Waals surface area contributed by atoms with E-state index in [2.05, 4.69) is 55.4 Å². The van der Waals surface area contributed by atoms with E-state index in [0.717, 1.165) is 114 Å². The SMILES string of the molecule is CCC(C)CCCCCCCCCCCCC(=O)O[C@H](COC(=O)CCCCCCCCCCCCCCCCCC(C)C)COP(=O)(O)OCC(O)COP(=O)(O)OC[C@@H](COC(=O)CCCCCCCCCC(C)C)OC(=O)CCCCCCCCC(C)CC. The van der Waals surface area contributed by atoms with Crippen LogP contribution in [-0.4, -0.2) is 96.7 Å². The fraction of sp³-hybridized carbons (Fsp3) is 0.945. The minimum Gasteiger partial charge on any atom is -0.462 e. The molecule has 17 nitrogen and oxygen atoms in total. The van der Waals surface area contributed by atoms with Gasteiger partial charge < -0.3 is 33.8 Å². The summed E-state index contributed by atoms with van der Waals surface area (Å²) in [6, 6.07) is 0. The molecule has 546 valence electrons. The zero-order chi connectivity index (χ0) is 68.2. The summed E-state index contributed by atoms with van der Waals surface area (Å²) < 4.78 is 68.4. The van der Waals surface area contributed by atoms with Gasteiger partial charge in [0.2, 0.25) is 0 Å². The van der Waals surface area contributed by atoms with Gasteiger partial charge in [-0.15, -0.1) is 0 Å². The number of phosphoric acid groups is 2. The fourth-order valence-corrected chi connectivity index (χ4v) is 12.5. The molecule has 0 aliphatic heterocycles. The molecule has 0 saturated heterocycles. The highest BCUT2D eigenvalue weighted by Crippen LogP contribution is 2.45. The summed E-state index contributed by atoms with van der Waals surface area (Å²) in [6.07, 6.45) is 45.9. The third kappa shape index (κ3) is 64.1. The lowest BCUT2D eigenvalue weighted by molar-refractivity contribution is -0.161. The van der Waals surface area contributed by atoms with Crippen LogP contribution < -0.4 is 0 Å². The van der Waals surface area contributed by atoms with Gasteiger partial charge >= 0.3 is 39.5 Å². The minimum absolute atomic E-state index is 0.102. The molecular weight excluding hydrogens is 1210 g/mol. The number of hydrogen-bond donors (Lipinski definition) is 3. The van der Waals surface area contributed by atoms with E-state index in [1.807, 2.05) is 0 Å².